The predicted molar refractivity (Wildman–Crippen MR) is 167 cm³/mol. The number of halogens is 1. The standard InChI is InChI=1S/C34H36ClN3O6/c1-43-34(42)28-16-17-31(39)38(20-18-24-10-4-2-5-11-24)19-8-9-21-44-30-23-26(35)14-15-27(30)32(40)37-29(33(41)36-28)22-25-12-6-3-7-13-25/h2-15,23,28-29H,16-22H2,1H3,(H,36,41)(H,37,40)/b9-8-/t28-,29+/m0/s1. The number of hydrogen-bond donors (Lipinski definition) is 2. The van der Waals surface area contributed by atoms with Crippen molar-refractivity contribution in [2.45, 2.75) is 37.8 Å². The van der Waals surface area contributed by atoms with Crippen LogP contribution in [0.5, 0.6) is 5.75 Å². The summed E-state index contributed by atoms with van der Waals surface area (Å²) in [4.78, 5) is 54.9. The molecule has 1 aliphatic rings. The summed E-state index contributed by atoms with van der Waals surface area (Å²) in [6, 6.07) is 21.5. The van der Waals surface area contributed by atoms with Crippen molar-refractivity contribution < 1.29 is 28.7 Å². The van der Waals surface area contributed by atoms with Crippen LogP contribution >= 0.6 is 11.6 Å². The van der Waals surface area contributed by atoms with E-state index in [9.17, 15) is 19.2 Å². The van der Waals surface area contributed by atoms with Crippen molar-refractivity contribution >= 4 is 35.3 Å². The smallest absolute Gasteiger partial charge is 0.328 e. The van der Waals surface area contributed by atoms with Crippen molar-refractivity contribution in [1.29, 1.82) is 0 Å². The summed E-state index contributed by atoms with van der Waals surface area (Å²) in [6.07, 6.45) is 4.42. The average Bonchev–Trinajstić information content (AvgIpc) is 3.04. The van der Waals surface area contributed by atoms with Gasteiger partial charge in [-0.15, -0.1) is 0 Å². The zero-order valence-electron chi connectivity index (χ0n) is 24.5. The molecule has 0 aliphatic carbocycles. The topological polar surface area (TPSA) is 114 Å². The van der Waals surface area contributed by atoms with Crippen LogP contribution in [0.25, 0.3) is 0 Å². The fourth-order valence-electron chi connectivity index (χ4n) is 4.82. The minimum Gasteiger partial charge on any atom is -0.489 e. The Morgan fingerprint density at radius 2 is 1.66 bits per heavy atom. The first-order valence-electron chi connectivity index (χ1n) is 14.5. The summed E-state index contributed by atoms with van der Waals surface area (Å²) in [5.41, 5.74) is 2.09. The molecule has 4 rings (SSSR count). The van der Waals surface area contributed by atoms with Gasteiger partial charge in [-0.1, -0.05) is 78.3 Å². The number of amides is 3. The summed E-state index contributed by atoms with van der Waals surface area (Å²) in [5, 5.41) is 5.88. The number of nitrogens with zero attached hydrogens (tertiary/aromatic N) is 1. The van der Waals surface area contributed by atoms with Gasteiger partial charge < -0.3 is 25.0 Å². The molecule has 0 bridgehead atoms. The van der Waals surface area contributed by atoms with Crippen LogP contribution in [0.4, 0.5) is 0 Å². The van der Waals surface area contributed by atoms with Crippen LogP contribution in [0.15, 0.2) is 91.0 Å². The molecule has 44 heavy (non-hydrogen) atoms. The number of methoxy groups -OCH3 is 1. The molecule has 0 radical (unpaired) electrons. The van der Waals surface area contributed by atoms with Crippen molar-refractivity contribution in [2.24, 2.45) is 0 Å². The van der Waals surface area contributed by atoms with Gasteiger partial charge in [-0.25, -0.2) is 4.79 Å². The molecule has 0 fully saturated rings. The van der Waals surface area contributed by atoms with Crippen molar-refractivity contribution in [2.75, 3.05) is 26.8 Å². The highest BCUT2D eigenvalue weighted by Crippen LogP contribution is 2.24. The first kappa shape index (κ1) is 32.3. The number of rotatable bonds is 6. The van der Waals surface area contributed by atoms with Crippen molar-refractivity contribution in [3.63, 3.8) is 0 Å². The lowest BCUT2D eigenvalue weighted by molar-refractivity contribution is -0.145. The molecule has 1 aliphatic heterocycles. The second kappa shape index (κ2) is 16.3. The number of nitrogens with one attached hydrogen (secondary N) is 2. The fraction of sp³-hybridized carbons (Fsp3) is 0.294. The first-order chi connectivity index (χ1) is 21.3. The number of carbonyl (C=O) groups excluding carboxylic acids is 4. The Labute approximate surface area is 262 Å². The summed E-state index contributed by atoms with van der Waals surface area (Å²) >= 11 is 6.21. The monoisotopic (exact) mass is 617 g/mol. The molecule has 2 N–H and O–H groups in total. The zero-order valence-corrected chi connectivity index (χ0v) is 25.3. The van der Waals surface area contributed by atoms with E-state index in [1.165, 1.54) is 19.2 Å². The number of esters is 1. The predicted octanol–water partition coefficient (Wildman–Crippen LogP) is 4.14. The third-order valence-electron chi connectivity index (χ3n) is 7.24. The second-order valence-corrected chi connectivity index (χ2v) is 10.8. The Morgan fingerprint density at radius 1 is 0.955 bits per heavy atom. The molecule has 230 valence electrons. The lowest BCUT2D eigenvalue weighted by Crippen LogP contribution is -2.53. The van der Waals surface area contributed by atoms with E-state index in [0.29, 0.717) is 24.5 Å². The SMILES string of the molecule is COC(=O)[C@@H]1CCC(=O)N(CCc2ccccc2)C/C=C\COc2cc(Cl)ccc2C(=O)N[C@H](Cc2ccccc2)C(=O)N1. The molecule has 3 amide bonds. The number of hydrogen-bond acceptors (Lipinski definition) is 6. The van der Waals surface area contributed by atoms with Gasteiger partial charge in [0.2, 0.25) is 11.8 Å². The third-order valence-corrected chi connectivity index (χ3v) is 7.47. The maximum absolute atomic E-state index is 13.6. The highest BCUT2D eigenvalue weighted by molar-refractivity contribution is 6.30. The molecular weight excluding hydrogens is 582 g/mol. The van der Waals surface area contributed by atoms with Crippen molar-refractivity contribution in [3.05, 3.63) is 113 Å². The Kier molecular flexibility index (Phi) is 11.9. The highest BCUT2D eigenvalue weighted by atomic mass is 35.5. The Balaban J connectivity index is 1.63. The van der Waals surface area contributed by atoms with Gasteiger partial charge in [0.1, 0.15) is 24.4 Å². The summed E-state index contributed by atoms with van der Waals surface area (Å²) in [7, 11) is 1.22. The van der Waals surface area contributed by atoms with Crippen molar-refractivity contribution in [1.82, 2.24) is 15.5 Å². The van der Waals surface area contributed by atoms with Crippen LogP contribution < -0.4 is 15.4 Å². The molecule has 0 saturated carbocycles. The molecular formula is C34H36ClN3O6. The van der Waals surface area contributed by atoms with Gasteiger partial charge >= 0.3 is 5.97 Å². The molecule has 9 nitrogen and oxygen atoms in total. The molecule has 1 heterocycles. The highest BCUT2D eigenvalue weighted by Gasteiger charge is 2.29. The normalized spacial score (nSPS) is 19.0. The van der Waals surface area contributed by atoms with E-state index in [4.69, 9.17) is 21.1 Å². The Bertz CT molecular complexity index is 1460. The zero-order chi connectivity index (χ0) is 31.3. The summed E-state index contributed by atoms with van der Waals surface area (Å²) in [6.45, 7) is 0.894. The average molecular weight is 618 g/mol. The van der Waals surface area contributed by atoms with E-state index < -0.39 is 29.9 Å². The van der Waals surface area contributed by atoms with Crippen LogP contribution in [-0.4, -0.2) is 67.5 Å². The number of fused-ring (bicyclic) bond motifs is 1. The van der Waals surface area contributed by atoms with E-state index in [1.807, 2.05) is 66.7 Å². The second-order valence-electron chi connectivity index (χ2n) is 10.3. The lowest BCUT2D eigenvalue weighted by Gasteiger charge is -2.24. The van der Waals surface area contributed by atoms with Gasteiger partial charge in [0.25, 0.3) is 5.91 Å². The van der Waals surface area contributed by atoms with Gasteiger partial charge in [-0.05, 0) is 48.2 Å². The van der Waals surface area contributed by atoms with Gasteiger partial charge in [-0.3, -0.25) is 14.4 Å². The molecule has 2 atom stereocenters. The van der Waals surface area contributed by atoms with Gasteiger partial charge in [0.15, 0.2) is 0 Å². The van der Waals surface area contributed by atoms with E-state index in [-0.39, 0.29) is 43.1 Å². The summed E-state index contributed by atoms with van der Waals surface area (Å²) < 4.78 is 10.9. The van der Waals surface area contributed by atoms with Crippen LogP contribution in [0.1, 0.15) is 34.3 Å². The maximum atomic E-state index is 13.6. The van der Waals surface area contributed by atoms with Gasteiger partial charge in [0, 0.05) is 31.0 Å². The minimum absolute atomic E-state index is 0.00116. The fourth-order valence-corrected chi connectivity index (χ4v) is 4.98. The van der Waals surface area contributed by atoms with Crippen LogP contribution in [0.2, 0.25) is 5.02 Å². The minimum atomic E-state index is -1.09. The quantitative estimate of drug-likeness (QED) is 0.318. The Hall–Kier alpha value is -4.63. The first-order valence-corrected chi connectivity index (χ1v) is 14.8. The molecule has 0 saturated heterocycles. The number of ether oxygens (including phenoxy) is 2. The number of carbonyl (C=O) groups is 4. The lowest BCUT2D eigenvalue weighted by atomic mass is 10.0. The molecule has 3 aromatic rings. The van der Waals surface area contributed by atoms with Crippen molar-refractivity contribution in [3.8, 4) is 5.75 Å². The molecule has 0 spiro atoms. The van der Waals surface area contributed by atoms with Crippen LogP contribution in [0.3, 0.4) is 0 Å². The van der Waals surface area contributed by atoms with Gasteiger partial charge in [-0.2, -0.15) is 0 Å². The maximum Gasteiger partial charge on any atom is 0.328 e. The molecule has 3 aromatic carbocycles. The van der Waals surface area contributed by atoms with Gasteiger partial charge in [0.05, 0.1) is 12.7 Å². The van der Waals surface area contributed by atoms with E-state index in [2.05, 4.69) is 10.6 Å². The van der Waals surface area contributed by atoms with E-state index >= 15 is 0 Å². The molecule has 0 aromatic heterocycles. The van der Waals surface area contributed by atoms with Crippen LogP contribution in [0, 0.1) is 0 Å². The summed E-state index contributed by atoms with van der Waals surface area (Å²) in [5.74, 6) is -1.75. The third kappa shape index (κ3) is 9.44. The number of benzene rings is 3. The van der Waals surface area contributed by atoms with E-state index in [1.54, 1.807) is 17.0 Å². The molecule has 0 unspecified atom stereocenters. The Morgan fingerprint density at radius 3 is 2.36 bits per heavy atom. The van der Waals surface area contributed by atoms with E-state index in [0.717, 1.165) is 11.1 Å². The van der Waals surface area contributed by atoms with Crippen LogP contribution in [-0.2, 0) is 32.0 Å². The largest absolute Gasteiger partial charge is 0.489 e. The molecule has 10 heteroatoms.